The summed E-state index contributed by atoms with van der Waals surface area (Å²) in [6.07, 6.45) is 3.00. The molecule has 0 fully saturated rings. The highest BCUT2D eigenvalue weighted by molar-refractivity contribution is 8.78. The second-order valence-corrected chi connectivity index (χ2v) is 4.88. The maximum absolute atomic E-state index is 11.4. The third-order valence-corrected chi connectivity index (χ3v) is 3.96. The Bertz CT molecular complexity index is 322. The molecule has 15 heavy (non-hydrogen) atoms. The van der Waals surface area contributed by atoms with E-state index in [1.807, 2.05) is 11.5 Å². The second kappa shape index (κ2) is 5.87. The molecule has 0 N–H and O–H groups in total. The lowest BCUT2D eigenvalue weighted by Crippen LogP contribution is -2.15. The summed E-state index contributed by atoms with van der Waals surface area (Å²) in [5, 5.41) is 1.71. The molecule has 82 valence electrons. The molecule has 0 aromatic heterocycles. The molecular weight excluding hydrogens is 236 g/mol. The molecule has 0 saturated heterocycles. The number of methoxy groups -OCH3 is 2. The number of rotatable bonds is 3. The SMILES string of the molecule is COC(=O)C=C(C(=O)OC)C1C=CSS1. The lowest BCUT2D eigenvalue weighted by molar-refractivity contribution is -0.138. The minimum Gasteiger partial charge on any atom is -0.466 e. The number of carbonyl (C=O) groups excluding carboxylic acids is 2. The third-order valence-electron chi connectivity index (χ3n) is 1.67. The fraction of sp³-hybridized carbons (Fsp3) is 0.333. The van der Waals surface area contributed by atoms with Crippen molar-refractivity contribution in [2.75, 3.05) is 14.2 Å². The van der Waals surface area contributed by atoms with E-state index in [0.29, 0.717) is 5.57 Å². The van der Waals surface area contributed by atoms with Crippen molar-refractivity contribution in [2.45, 2.75) is 5.25 Å². The first-order valence-electron chi connectivity index (χ1n) is 4.05. The average molecular weight is 246 g/mol. The van der Waals surface area contributed by atoms with Gasteiger partial charge in [0.05, 0.1) is 25.0 Å². The van der Waals surface area contributed by atoms with Crippen molar-refractivity contribution in [3.63, 3.8) is 0 Å². The van der Waals surface area contributed by atoms with Gasteiger partial charge in [0.2, 0.25) is 0 Å². The van der Waals surface area contributed by atoms with Gasteiger partial charge in [-0.15, -0.1) is 0 Å². The molecule has 1 unspecified atom stereocenters. The Morgan fingerprint density at radius 1 is 1.33 bits per heavy atom. The van der Waals surface area contributed by atoms with Crippen LogP contribution in [0.4, 0.5) is 0 Å². The van der Waals surface area contributed by atoms with Crippen molar-refractivity contribution in [2.24, 2.45) is 0 Å². The molecular formula is C9H10O4S2. The zero-order valence-electron chi connectivity index (χ0n) is 8.26. The molecule has 1 heterocycles. The highest BCUT2D eigenvalue weighted by atomic mass is 33.1. The van der Waals surface area contributed by atoms with E-state index in [9.17, 15) is 9.59 Å². The van der Waals surface area contributed by atoms with Gasteiger partial charge in [0.25, 0.3) is 0 Å². The van der Waals surface area contributed by atoms with Gasteiger partial charge in [-0.2, -0.15) is 0 Å². The van der Waals surface area contributed by atoms with E-state index in [-0.39, 0.29) is 5.25 Å². The quantitative estimate of drug-likeness (QED) is 0.428. The van der Waals surface area contributed by atoms with Crippen LogP contribution < -0.4 is 0 Å². The van der Waals surface area contributed by atoms with Crippen LogP contribution in [0.25, 0.3) is 0 Å². The zero-order chi connectivity index (χ0) is 11.3. The molecule has 0 aliphatic carbocycles. The highest BCUT2D eigenvalue weighted by Crippen LogP contribution is 2.39. The predicted molar refractivity (Wildman–Crippen MR) is 60.2 cm³/mol. The number of esters is 2. The first-order valence-corrected chi connectivity index (χ1v) is 6.33. The van der Waals surface area contributed by atoms with Crippen LogP contribution in [0.3, 0.4) is 0 Å². The smallest absolute Gasteiger partial charge is 0.335 e. The van der Waals surface area contributed by atoms with E-state index in [0.717, 1.165) is 0 Å². The van der Waals surface area contributed by atoms with Crippen LogP contribution in [-0.4, -0.2) is 31.4 Å². The summed E-state index contributed by atoms with van der Waals surface area (Å²) in [5.74, 6) is -1.06. The van der Waals surface area contributed by atoms with E-state index < -0.39 is 11.9 Å². The fourth-order valence-electron chi connectivity index (χ4n) is 0.944. The van der Waals surface area contributed by atoms with Crippen LogP contribution in [0.5, 0.6) is 0 Å². The Hall–Kier alpha value is -0.880. The van der Waals surface area contributed by atoms with Crippen molar-refractivity contribution in [3.8, 4) is 0 Å². The van der Waals surface area contributed by atoms with Crippen LogP contribution in [0, 0.1) is 0 Å². The minimum absolute atomic E-state index is 0.151. The maximum Gasteiger partial charge on any atom is 0.335 e. The van der Waals surface area contributed by atoms with Crippen LogP contribution in [0.2, 0.25) is 0 Å². The molecule has 0 bridgehead atoms. The normalized spacial score (nSPS) is 20.1. The van der Waals surface area contributed by atoms with Crippen molar-refractivity contribution < 1.29 is 19.1 Å². The summed E-state index contributed by atoms with van der Waals surface area (Å²) in [6, 6.07) is 0. The van der Waals surface area contributed by atoms with Crippen molar-refractivity contribution in [1.29, 1.82) is 0 Å². The zero-order valence-corrected chi connectivity index (χ0v) is 9.89. The molecule has 0 radical (unpaired) electrons. The first kappa shape index (κ1) is 12.2. The molecule has 0 saturated carbocycles. The van der Waals surface area contributed by atoms with Gasteiger partial charge in [-0.3, -0.25) is 0 Å². The van der Waals surface area contributed by atoms with Gasteiger partial charge < -0.3 is 9.47 Å². The molecule has 1 rings (SSSR count). The Labute approximate surface area is 95.5 Å². The van der Waals surface area contributed by atoms with Crippen LogP contribution in [0.15, 0.2) is 23.1 Å². The summed E-state index contributed by atoms with van der Waals surface area (Å²) < 4.78 is 9.07. The first-order chi connectivity index (χ1) is 7.19. The maximum atomic E-state index is 11.4. The Morgan fingerprint density at radius 2 is 2.07 bits per heavy atom. The van der Waals surface area contributed by atoms with E-state index in [1.54, 1.807) is 0 Å². The van der Waals surface area contributed by atoms with E-state index in [2.05, 4.69) is 9.47 Å². The predicted octanol–water partition coefficient (Wildman–Crippen LogP) is 1.54. The number of hydrogen-bond donors (Lipinski definition) is 0. The average Bonchev–Trinajstić information content (AvgIpc) is 2.77. The molecule has 0 aromatic rings. The molecule has 1 atom stereocenters. The molecule has 0 spiro atoms. The molecule has 1 aliphatic heterocycles. The summed E-state index contributed by atoms with van der Waals surface area (Å²) in [5.41, 5.74) is 0.301. The van der Waals surface area contributed by atoms with Crippen LogP contribution in [-0.2, 0) is 19.1 Å². The van der Waals surface area contributed by atoms with E-state index >= 15 is 0 Å². The highest BCUT2D eigenvalue weighted by Gasteiger charge is 2.24. The second-order valence-electron chi connectivity index (χ2n) is 2.56. The lowest BCUT2D eigenvalue weighted by atomic mass is 10.1. The van der Waals surface area contributed by atoms with Gasteiger partial charge in [0, 0.05) is 6.08 Å². The summed E-state index contributed by atoms with van der Waals surface area (Å²) in [4.78, 5) is 22.4. The van der Waals surface area contributed by atoms with Gasteiger partial charge in [-0.25, -0.2) is 9.59 Å². The minimum atomic E-state index is -0.554. The van der Waals surface area contributed by atoms with Crippen molar-refractivity contribution in [3.05, 3.63) is 23.1 Å². The Balaban J connectivity index is 2.86. The largest absolute Gasteiger partial charge is 0.466 e. The lowest BCUT2D eigenvalue weighted by Gasteiger charge is -2.09. The van der Waals surface area contributed by atoms with Crippen LogP contribution in [0.1, 0.15) is 0 Å². The number of carbonyl (C=O) groups is 2. The van der Waals surface area contributed by atoms with Gasteiger partial charge in [0.15, 0.2) is 0 Å². The summed E-state index contributed by atoms with van der Waals surface area (Å²) in [6.45, 7) is 0. The van der Waals surface area contributed by atoms with E-state index in [1.165, 1.54) is 41.9 Å². The standard InChI is InChI=1S/C9H10O4S2/c1-12-8(10)5-6(9(11)13-2)7-3-4-14-15-7/h3-5,7H,1-2H3. The molecule has 0 amide bonds. The topological polar surface area (TPSA) is 52.6 Å². The van der Waals surface area contributed by atoms with Gasteiger partial charge in [-0.05, 0) is 5.41 Å². The number of ether oxygens (including phenoxy) is 2. The molecule has 6 heteroatoms. The van der Waals surface area contributed by atoms with Crippen LogP contribution >= 0.6 is 21.6 Å². The molecule has 4 nitrogen and oxygen atoms in total. The summed E-state index contributed by atoms with van der Waals surface area (Å²) >= 11 is 0. The van der Waals surface area contributed by atoms with Gasteiger partial charge in [0.1, 0.15) is 0 Å². The molecule has 1 aliphatic rings. The molecule has 0 aromatic carbocycles. The Morgan fingerprint density at radius 3 is 2.53 bits per heavy atom. The van der Waals surface area contributed by atoms with Crippen molar-refractivity contribution >= 4 is 33.5 Å². The number of hydrogen-bond acceptors (Lipinski definition) is 6. The van der Waals surface area contributed by atoms with Gasteiger partial charge in [-0.1, -0.05) is 27.7 Å². The monoisotopic (exact) mass is 246 g/mol. The summed E-state index contributed by atoms with van der Waals surface area (Å²) in [7, 11) is 5.53. The van der Waals surface area contributed by atoms with E-state index in [4.69, 9.17) is 0 Å². The van der Waals surface area contributed by atoms with Gasteiger partial charge >= 0.3 is 11.9 Å². The third kappa shape index (κ3) is 3.32. The fourth-order valence-corrected chi connectivity index (χ4v) is 3.11. The Kier molecular flexibility index (Phi) is 4.77. The van der Waals surface area contributed by atoms with Crippen molar-refractivity contribution in [1.82, 2.24) is 0 Å².